The van der Waals surface area contributed by atoms with Crippen LogP contribution in [0.25, 0.3) is 10.9 Å². The van der Waals surface area contributed by atoms with E-state index in [1.807, 2.05) is 24.3 Å². The van der Waals surface area contributed by atoms with Gasteiger partial charge in [0.1, 0.15) is 11.7 Å². The number of piperidine rings is 1. The monoisotopic (exact) mass is 579 g/mol. The SMILES string of the molecule is CCC(=O)ONC(=O)C(NC(=O)c1cc2ccccc2[nH]1)C(C1CCCCC1)[C@@H]1CC2(CCN(C(C)=O)CC2)NC1=O. The molecule has 3 atom stereocenters. The van der Waals surface area contributed by atoms with Crippen LogP contribution in [0.15, 0.2) is 30.3 Å². The summed E-state index contributed by atoms with van der Waals surface area (Å²) in [5.74, 6) is -2.87. The molecule has 226 valence electrons. The Kier molecular flexibility index (Phi) is 8.84. The van der Waals surface area contributed by atoms with Gasteiger partial charge in [-0.1, -0.05) is 57.2 Å². The molecule has 5 rings (SSSR count). The summed E-state index contributed by atoms with van der Waals surface area (Å²) in [4.78, 5) is 74.9. The van der Waals surface area contributed by atoms with E-state index in [1.54, 1.807) is 24.8 Å². The lowest BCUT2D eigenvalue weighted by Crippen LogP contribution is -2.56. The maximum Gasteiger partial charge on any atom is 0.331 e. The van der Waals surface area contributed by atoms with Crippen LogP contribution >= 0.6 is 0 Å². The fourth-order valence-corrected chi connectivity index (χ4v) is 7.15. The molecule has 3 aliphatic rings. The first-order valence-corrected chi connectivity index (χ1v) is 15.2. The number of aromatic amines is 1. The molecule has 1 aliphatic carbocycles. The second-order valence-corrected chi connectivity index (χ2v) is 12.1. The second-order valence-electron chi connectivity index (χ2n) is 12.1. The molecule has 3 fully saturated rings. The number of rotatable bonds is 7. The number of carbonyl (C=O) groups is 5. The standard InChI is InChI=1S/C31H41N5O6/c1-3-25(38)42-35-30(41)27(33-29(40)24-17-21-11-7-8-12-23(21)32-24)26(20-9-5-4-6-10-20)22-18-31(34-28(22)39)13-15-36(16-14-31)19(2)37/h7-8,11-12,17,20,22,26-27,32H,3-6,9-10,13-16,18H2,1-2H3,(H,33,40)(H,34,39)(H,35,41)/t22-,26?,27?/m0/s1. The number of H-pyrrole nitrogens is 1. The van der Waals surface area contributed by atoms with E-state index < -0.39 is 41.2 Å². The zero-order chi connectivity index (χ0) is 29.9. The highest BCUT2D eigenvalue weighted by molar-refractivity contribution is 6.00. The van der Waals surface area contributed by atoms with Crippen LogP contribution in [0.5, 0.6) is 0 Å². The van der Waals surface area contributed by atoms with E-state index in [0.29, 0.717) is 38.0 Å². The highest BCUT2D eigenvalue weighted by Crippen LogP contribution is 2.44. The highest BCUT2D eigenvalue weighted by Gasteiger charge is 2.53. The van der Waals surface area contributed by atoms with E-state index >= 15 is 0 Å². The fraction of sp³-hybridized carbons (Fsp3) is 0.581. The molecule has 42 heavy (non-hydrogen) atoms. The number of hydrogen-bond donors (Lipinski definition) is 4. The van der Waals surface area contributed by atoms with E-state index in [1.165, 1.54) is 0 Å². The zero-order valence-electron chi connectivity index (χ0n) is 24.4. The topological polar surface area (TPSA) is 150 Å². The van der Waals surface area contributed by atoms with Crippen LogP contribution in [0.3, 0.4) is 0 Å². The molecule has 2 aliphatic heterocycles. The predicted molar refractivity (Wildman–Crippen MR) is 155 cm³/mol. The zero-order valence-corrected chi connectivity index (χ0v) is 24.4. The number of amides is 4. The number of nitrogens with one attached hydrogen (secondary N) is 4. The molecule has 11 heteroatoms. The lowest BCUT2D eigenvalue weighted by Gasteiger charge is -2.40. The van der Waals surface area contributed by atoms with Gasteiger partial charge in [0, 0.05) is 54.7 Å². The highest BCUT2D eigenvalue weighted by atomic mass is 16.7. The molecule has 2 saturated heterocycles. The number of carbonyl (C=O) groups excluding carboxylic acids is 5. The number of likely N-dealkylation sites (tertiary alicyclic amines) is 1. The lowest BCUT2D eigenvalue weighted by molar-refractivity contribution is -0.159. The molecular formula is C31H41N5O6. The average molecular weight is 580 g/mol. The van der Waals surface area contributed by atoms with Crippen LogP contribution < -0.4 is 16.1 Å². The van der Waals surface area contributed by atoms with Crippen LogP contribution in [0, 0.1) is 17.8 Å². The molecule has 4 N–H and O–H groups in total. The summed E-state index contributed by atoms with van der Waals surface area (Å²) >= 11 is 0. The Labute approximate surface area is 245 Å². The van der Waals surface area contributed by atoms with Gasteiger partial charge in [0.25, 0.3) is 11.8 Å². The summed E-state index contributed by atoms with van der Waals surface area (Å²) in [5, 5.41) is 7.04. The van der Waals surface area contributed by atoms with Gasteiger partial charge in [0.05, 0.1) is 0 Å². The minimum atomic E-state index is -1.11. The third kappa shape index (κ3) is 6.29. The normalized spacial score (nSPS) is 21.9. The Morgan fingerprint density at radius 3 is 2.48 bits per heavy atom. The van der Waals surface area contributed by atoms with Crippen LogP contribution in [0.2, 0.25) is 0 Å². The Hall–Kier alpha value is -3.89. The molecule has 2 unspecified atom stereocenters. The van der Waals surface area contributed by atoms with E-state index in [0.717, 1.165) is 43.0 Å². The molecule has 2 aromatic rings. The van der Waals surface area contributed by atoms with Crippen molar-refractivity contribution in [2.75, 3.05) is 13.1 Å². The first-order valence-electron chi connectivity index (χ1n) is 15.2. The Balaban J connectivity index is 1.45. The maximum atomic E-state index is 13.7. The number of fused-ring (bicyclic) bond motifs is 1. The van der Waals surface area contributed by atoms with E-state index in [9.17, 15) is 24.0 Å². The summed E-state index contributed by atoms with van der Waals surface area (Å²) in [5.41, 5.74) is 2.90. The molecule has 1 aromatic carbocycles. The van der Waals surface area contributed by atoms with Crippen molar-refractivity contribution in [3.8, 4) is 0 Å². The number of hydrogen-bond acceptors (Lipinski definition) is 6. The van der Waals surface area contributed by atoms with Crippen molar-refractivity contribution in [3.63, 3.8) is 0 Å². The average Bonchev–Trinajstić information content (AvgIpc) is 3.57. The minimum Gasteiger partial charge on any atom is -0.351 e. The third-order valence-electron chi connectivity index (χ3n) is 9.44. The van der Waals surface area contributed by atoms with Gasteiger partial charge in [-0.05, 0) is 37.3 Å². The molecule has 0 radical (unpaired) electrons. The number of benzene rings is 1. The summed E-state index contributed by atoms with van der Waals surface area (Å²) in [6.07, 6.45) is 6.56. The Bertz CT molecular complexity index is 1310. The molecule has 3 heterocycles. The van der Waals surface area contributed by atoms with Crippen molar-refractivity contribution in [3.05, 3.63) is 36.0 Å². The van der Waals surface area contributed by atoms with Crippen molar-refractivity contribution in [2.45, 2.75) is 83.2 Å². The quantitative estimate of drug-likeness (QED) is 0.371. The first kappa shape index (κ1) is 29.6. The van der Waals surface area contributed by atoms with Crippen LogP contribution in [-0.4, -0.2) is 64.2 Å². The fourth-order valence-electron chi connectivity index (χ4n) is 7.15. The van der Waals surface area contributed by atoms with Crippen LogP contribution in [0.4, 0.5) is 0 Å². The largest absolute Gasteiger partial charge is 0.351 e. The van der Waals surface area contributed by atoms with Crippen LogP contribution in [-0.2, 0) is 24.0 Å². The van der Waals surface area contributed by atoms with Crippen molar-refractivity contribution in [2.24, 2.45) is 17.8 Å². The lowest BCUT2D eigenvalue weighted by atomic mass is 9.68. The van der Waals surface area contributed by atoms with Gasteiger partial charge in [-0.25, -0.2) is 4.79 Å². The van der Waals surface area contributed by atoms with Gasteiger partial charge < -0.3 is 25.4 Å². The van der Waals surface area contributed by atoms with E-state index in [4.69, 9.17) is 4.84 Å². The van der Waals surface area contributed by atoms with Gasteiger partial charge in [0.15, 0.2) is 0 Å². The van der Waals surface area contributed by atoms with E-state index in [2.05, 4.69) is 21.1 Å². The van der Waals surface area contributed by atoms with Gasteiger partial charge in [-0.3, -0.25) is 19.2 Å². The summed E-state index contributed by atoms with van der Waals surface area (Å²) < 4.78 is 0. The molecule has 1 spiro atoms. The summed E-state index contributed by atoms with van der Waals surface area (Å²) in [7, 11) is 0. The Morgan fingerprint density at radius 1 is 1.10 bits per heavy atom. The Morgan fingerprint density at radius 2 is 1.81 bits per heavy atom. The number of hydroxylamine groups is 1. The van der Waals surface area contributed by atoms with Gasteiger partial charge in [-0.2, -0.15) is 5.48 Å². The molecular weight excluding hydrogens is 538 g/mol. The molecule has 1 saturated carbocycles. The first-order chi connectivity index (χ1) is 20.2. The molecule has 0 bridgehead atoms. The number of aromatic nitrogens is 1. The summed E-state index contributed by atoms with van der Waals surface area (Å²) in [6.45, 7) is 4.29. The number of nitrogens with zero attached hydrogens (tertiary/aromatic N) is 1. The van der Waals surface area contributed by atoms with Gasteiger partial charge >= 0.3 is 5.97 Å². The third-order valence-corrected chi connectivity index (χ3v) is 9.44. The molecule has 1 aromatic heterocycles. The van der Waals surface area contributed by atoms with Crippen LogP contribution in [0.1, 0.15) is 82.1 Å². The second kappa shape index (κ2) is 12.5. The molecule has 4 amide bonds. The maximum absolute atomic E-state index is 13.7. The summed E-state index contributed by atoms with van der Waals surface area (Å²) in [6, 6.07) is 8.12. The minimum absolute atomic E-state index is 0.0163. The van der Waals surface area contributed by atoms with Crippen molar-refractivity contribution in [1.82, 2.24) is 26.0 Å². The van der Waals surface area contributed by atoms with Gasteiger partial charge in [0.2, 0.25) is 11.8 Å². The number of para-hydroxylation sites is 1. The van der Waals surface area contributed by atoms with Gasteiger partial charge in [-0.15, -0.1) is 0 Å². The smallest absolute Gasteiger partial charge is 0.331 e. The molecule has 11 nitrogen and oxygen atoms in total. The van der Waals surface area contributed by atoms with E-state index in [-0.39, 0.29) is 24.2 Å². The van der Waals surface area contributed by atoms with Crippen molar-refractivity contribution < 1.29 is 28.8 Å². The van der Waals surface area contributed by atoms with Crippen molar-refractivity contribution >= 4 is 40.5 Å². The van der Waals surface area contributed by atoms with Crippen molar-refractivity contribution in [1.29, 1.82) is 0 Å². The predicted octanol–water partition coefficient (Wildman–Crippen LogP) is 2.96.